The summed E-state index contributed by atoms with van der Waals surface area (Å²) in [4.78, 5) is 6.56. The Bertz CT molecular complexity index is 1300. The van der Waals surface area contributed by atoms with Crippen molar-refractivity contribution in [2.45, 2.75) is 42.7 Å². The predicted octanol–water partition coefficient (Wildman–Crippen LogP) is 2.05. The van der Waals surface area contributed by atoms with E-state index in [1.807, 2.05) is 6.92 Å². The van der Waals surface area contributed by atoms with E-state index in [4.69, 9.17) is 4.74 Å². The number of pyridine rings is 1. The number of nitrogens with zero attached hydrogens (tertiary/aromatic N) is 5. The van der Waals surface area contributed by atoms with Crippen molar-refractivity contribution < 1.29 is 21.9 Å². The van der Waals surface area contributed by atoms with Gasteiger partial charge in [0.1, 0.15) is 4.90 Å². The summed E-state index contributed by atoms with van der Waals surface area (Å²) in [6.07, 6.45) is 1.87. The molecule has 1 saturated heterocycles. The van der Waals surface area contributed by atoms with Crippen LogP contribution in [0.2, 0.25) is 0 Å². The number of methoxy groups -OCH3 is 1. The van der Waals surface area contributed by atoms with Crippen LogP contribution in [-0.2, 0) is 14.8 Å². The van der Waals surface area contributed by atoms with Crippen LogP contribution in [0.1, 0.15) is 31.2 Å². The first-order chi connectivity index (χ1) is 16.2. The Labute approximate surface area is 199 Å². The molecule has 10 nitrogen and oxygen atoms in total. The van der Waals surface area contributed by atoms with Gasteiger partial charge in [0, 0.05) is 44.5 Å². The second-order valence-electron chi connectivity index (χ2n) is 8.86. The molecule has 2 N–H and O–H groups in total. The summed E-state index contributed by atoms with van der Waals surface area (Å²) < 4.78 is 62.4. The minimum absolute atomic E-state index is 0.0710. The van der Waals surface area contributed by atoms with E-state index in [2.05, 4.69) is 30.1 Å². The maximum Gasteiger partial charge on any atom is 0.291 e. The number of imidazole rings is 1. The maximum atomic E-state index is 13.3. The Kier molecular flexibility index (Phi) is 6.04. The first-order valence-corrected chi connectivity index (χ1v) is 13.1. The van der Waals surface area contributed by atoms with E-state index in [1.54, 1.807) is 23.8 Å². The molecular formula is C20H25F2N7O3S2. The van der Waals surface area contributed by atoms with Gasteiger partial charge in [-0.15, -0.1) is 10.2 Å². The third kappa shape index (κ3) is 4.52. The number of nitrogens with one attached hydrogen (secondary N) is 2. The fourth-order valence-corrected chi connectivity index (χ4v) is 6.23. The van der Waals surface area contributed by atoms with E-state index in [-0.39, 0.29) is 21.8 Å². The van der Waals surface area contributed by atoms with E-state index < -0.39 is 27.0 Å². The summed E-state index contributed by atoms with van der Waals surface area (Å²) in [5.74, 6) is 0.263. The number of rotatable bonds is 8. The SMILES string of the molecule is COCC1CN(c2cc(S(=O)(=O)NC3(C)CC3)cn3c(-c4nnc(C(F)F)s4)ncc23)CCN1. The second kappa shape index (κ2) is 8.75. The Morgan fingerprint density at radius 2 is 2.18 bits per heavy atom. The highest BCUT2D eigenvalue weighted by atomic mass is 32.2. The Hall–Kier alpha value is -2.26. The molecule has 0 aromatic carbocycles. The van der Waals surface area contributed by atoms with Crippen LogP contribution in [-0.4, -0.2) is 72.9 Å². The summed E-state index contributed by atoms with van der Waals surface area (Å²) in [7, 11) is -2.20. The molecule has 1 aliphatic carbocycles. The minimum Gasteiger partial charge on any atom is -0.383 e. The smallest absolute Gasteiger partial charge is 0.291 e. The highest BCUT2D eigenvalue weighted by molar-refractivity contribution is 7.89. The zero-order valence-corrected chi connectivity index (χ0v) is 20.3. The van der Waals surface area contributed by atoms with E-state index >= 15 is 0 Å². The zero-order chi connectivity index (χ0) is 24.1. The third-order valence-corrected chi connectivity index (χ3v) is 8.60. The van der Waals surface area contributed by atoms with Gasteiger partial charge in [0.05, 0.1) is 24.0 Å². The fourth-order valence-electron chi connectivity index (χ4n) is 4.06. The van der Waals surface area contributed by atoms with Gasteiger partial charge in [-0.25, -0.2) is 26.9 Å². The van der Waals surface area contributed by atoms with Gasteiger partial charge in [0.25, 0.3) is 6.43 Å². The first-order valence-electron chi connectivity index (χ1n) is 10.8. The van der Waals surface area contributed by atoms with Crippen molar-refractivity contribution in [1.29, 1.82) is 0 Å². The summed E-state index contributed by atoms with van der Waals surface area (Å²) in [5, 5.41) is 10.6. The summed E-state index contributed by atoms with van der Waals surface area (Å²) in [6.45, 7) is 4.33. The van der Waals surface area contributed by atoms with Crippen LogP contribution in [0.25, 0.3) is 16.3 Å². The molecule has 34 heavy (non-hydrogen) atoms. The second-order valence-corrected chi connectivity index (χ2v) is 11.6. The van der Waals surface area contributed by atoms with Gasteiger partial charge in [-0.1, -0.05) is 11.3 Å². The molecular weight excluding hydrogens is 488 g/mol. The van der Waals surface area contributed by atoms with Crippen LogP contribution in [0.15, 0.2) is 23.4 Å². The number of halogens is 2. The third-order valence-electron chi connectivity index (χ3n) is 6.07. The summed E-state index contributed by atoms with van der Waals surface area (Å²) in [5.41, 5.74) is 0.887. The van der Waals surface area contributed by atoms with Crippen molar-refractivity contribution in [1.82, 2.24) is 29.6 Å². The van der Waals surface area contributed by atoms with Crippen LogP contribution in [0.4, 0.5) is 14.5 Å². The highest BCUT2D eigenvalue weighted by Gasteiger charge is 2.41. The molecule has 184 valence electrons. The average molecular weight is 514 g/mol. The lowest BCUT2D eigenvalue weighted by Gasteiger charge is -2.35. The quantitative estimate of drug-likeness (QED) is 0.471. The standard InChI is InChI=1S/C20H25F2N7O3S2/c1-20(3-4-20)27-34(30,31)13-7-14(28-6-5-23-12(9-28)11-32-2)15-8-24-17(29(15)10-13)19-26-25-18(33-19)16(21)22/h7-8,10,12,16,23,27H,3-6,9,11H2,1-2H3. The van der Waals surface area contributed by atoms with Crippen molar-refractivity contribution in [2.75, 3.05) is 38.3 Å². The average Bonchev–Trinajstić information content (AvgIpc) is 3.18. The number of hydrogen-bond donors (Lipinski definition) is 2. The van der Waals surface area contributed by atoms with E-state index in [0.717, 1.165) is 24.2 Å². The molecule has 4 heterocycles. The van der Waals surface area contributed by atoms with Crippen LogP contribution >= 0.6 is 11.3 Å². The Balaban J connectivity index is 1.63. The molecule has 1 unspecified atom stereocenters. The van der Waals surface area contributed by atoms with Crippen LogP contribution in [0.3, 0.4) is 0 Å². The lowest BCUT2D eigenvalue weighted by atomic mass is 10.2. The number of anilines is 1. The molecule has 0 amide bonds. The molecule has 2 fully saturated rings. The van der Waals surface area contributed by atoms with Crippen LogP contribution in [0.5, 0.6) is 0 Å². The lowest BCUT2D eigenvalue weighted by molar-refractivity contribution is 0.150. The van der Waals surface area contributed by atoms with Gasteiger partial charge in [0.15, 0.2) is 15.8 Å². The largest absolute Gasteiger partial charge is 0.383 e. The predicted molar refractivity (Wildman–Crippen MR) is 123 cm³/mol. The molecule has 3 aromatic heterocycles. The number of sulfonamides is 1. The van der Waals surface area contributed by atoms with Gasteiger partial charge in [-0.2, -0.15) is 0 Å². The summed E-state index contributed by atoms with van der Waals surface area (Å²) >= 11 is 0.735. The van der Waals surface area contributed by atoms with Crippen LogP contribution < -0.4 is 14.9 Å². The van der Waals surface area contributed by atoms with E-state index in [1.165, 1.54) is 6.20 Å². The Morgan fingerprint density at radius 1 is 1.38 bits per heavy atom. The van der Waals surface area contributed by atoms with E-state index in [9.17, 15) is 17.2 Å². The molecule has 1 aliphatic heterocycles. The van der Waals surface area contributed by atoms with Crippen molar-refractivity contribution in [3.05, 3.63) is 23.5 Å². The fraction of sp³-hybridized carbons (Fsp3) is 0.550. The molecule has 2 aliphatic rings. The lowest BCUT2D eigenvalue weighted by Crippen LogP contribution is -2.52. The van der Waals surface area contributed by atoms with Crippen molar-refractivity contribution >= 4 is 32.6 Å². The van der Waals surface area contributed by atoms with Crippen LogP contribution in [0, 0.1) is 0 Å². The monoisotopic (exact) mass is 513 g/mol. The number of piperazine rings is 1. The van der Waals surface area contributed by atoms with Gasteiger partial charge in [0.2, 0.25) is 10.0 Å². The minimum atomic E-state index is -3.84. The van der Waals surface area contributed by atoms with Crippen molar-refractivity contribution in [2.24, 2.45) is 0 Å². The normalized spacial score (nSPS) is 20.4. The first kappa shape index (κ1) is 23.5. The molecule has 0 bridgehead atoms. The zero-order valence-electron chi connectivity index (χ0n) is 18.7. The van der Waals surface area contributed by atoms with Crippen molar-refractivity contribution in [3.63, 3.8) is 0 Å². The van der Waals surface area contributed by atoms with Gasteiger partial charge < -0.3 is 15.0 Å². The van der Waals surface area contributed by atoms with Gasteiger partial charge in [-0.3, -0.25) is 4.40 Å². The molecule has 14 heteroatoms. The summed E-state index contributed by atoms with van der Waals surface area (Å²) in [6, 6.07) is 1.72. The van der Waals surface area contributed by atoms with Crippen molar-refractivity contribution in [3.8, 4) is 10.8 Å². The molecule has 3 aromatic rings. The van der Waals surface area contributed by atoms with Gasteiger partial charge in [-0.05, 0) is 25.8 Å². The number of aromatic nitrogens is 4. The number of ether oxygens (including phenoxy) is 1. The molecule has 0 spiro atoms. The highest BCUT2D eigenvalue weighted by Crippen LogP contribution is 2.37. The Morgan fingerprint density at radius 3 is 2.85 bits per heavy atom. The van der Waals surface area contributed by atoms with E-state index in [0.29, 0.717) is 37.4 Å². The number of fused-ring (bicyclic) bond motifs is 1. The molecule has 5 rings (SSSR count). The molecule has 0 radical (unpaired) electrons. The maximum absolute atomic E-state index is 13.3. The number of alkyl halides is 2. The molecule has 1 atom stereocenters. The topological polar surface area (TPSA) is 114 Å². The molecule has 1 saturated carbocycles. The van der Waals surface area contributed by atoms with Gasteiger partial charge >= 0.3 is 0 Å². The number of hydrogen-bond acceptors (Lipinski definition) is 9.